The molecule has 398 valence electrons. The van der Waals surface area contributed by atoms with Crippen LogP contribution in [0.3, 0.4) is 0 Å². The van der Waals surface area contributed by atoms with Crippen LogP contribution in [0.1, 0.15) is 172 Å². The molecule has 0 N–H and O–H groups in total. The summed E-state index contributed by atoms with van der Waals surface area (Å²) in [6.45, 7) is 29.6. The van der Waals surface area contributed by atoms with Gasteiger partial charge in [0.15, 0.2) is 0 Å². The Kier molecular flexibility index (Phi) is 16.5. The molecule has 0 heterocycles. The van der Waals surface area contributed by atoms with Gasteiger partial charge in [0.2, 0.25) is 0 Å². The van der Waals surface area contributed by atoms with Crippen molar-refractivity contribution in [3.05, 3.63) is 256 Å². The molecule has 1 aliphatic rings. The average Bonchev–Trinajstić information content (AvgIpc) is 3.39. The van der Waals surface area contributed by atoms with Crippen LogP contribution in [-0.4, -0.2) is 0 Å². The third kappa shape index (κ3) is 13.9. The van der Waals surface area contributed by atoms with Crippen molar-refractivity contribution in [1.29, 1.82) is 0 Å². The first kappa shape index (κ1) is 55.4. The minimum Gasteiger partial charge on any atom is -0.488 e. The van der Waals surface area contributed by atoms with Gasteiger partial charge >= 0.3 is 0 Å². The van der Waals surface area contributed by atoms with Crippen molar-refractivity contribution >= 4 is 22.6 Å². The number of hydrogen-bond donors (Lipinski definition) is 0. The fraction of sp³-hybridized carbons (Fsp3) is 0.333. The third-order valence-electron chi connectivity index (χ3n) is 14.9. The van der Waals surface area contributed by atoms with E-state index in [-0.39, 0.29) is 21.7 Å². The standard InChI is InChI=1S/C72H79IO4/c1-69(2,3)60-36-52-32-54-38-61(70(4,5)6)40-56(66(54)75-45-49-24-18-14-19-25-49)34-58-42-63(72(10,11)12)43-59(68(58)77-47-51-28-30-64(73)31-29-51)35-57-41-62(71(7,8)9)39-55(67(57)76-46-50-26-20-15-21-27-50)33-53(37-60)65(52)74-44-48-22-16-13-17-23-48/h13-31,36-43H,32-35,44-47H2,1-12H3. The molecule has 0 saturated heterocycles. The summed E-state index contributed by atoms with van der Waals surface area (Å²) < 4.78 is 30.5. The highest BCUT2D eigenvalue weighted by Crippen LogP contribution is 2.45. The highest BCUT2D eigenvalue weighted by Gasteiger charge is 2.30. The number of rotatable bonds is 12. The zero-order chi connectivity index (χ0) is 54.7. The molecule has 1 aliphatic carbocycles. The molecule has 0 saturated carbocycles. The van der Waals surface area contributed by atoms with Crippen molar-refractivity contribution in [1.82, 2.24) is 0 Å². The Morgan fingerprint density at radius 3 is 0.675 bits per heavy atom. The first-order valence-electron chi connectivity index (χ1n) is 27.6. The summed E-state index contributed by atoms with van der Waals surface area (Å²) in [5.41, 5.74) is 17.9. The van der Waals surface area contributed by atoms with Gasteiger partial charge < -0.3 is 18.9 Å². The molecular formula is C72H79IO4. The predicted molar refractivity (Wildman–Crippen MR) is 328 cm³/mol. The summed E-state index contributed by atoms with van der Waals surface area (Å²) in [7, 11) is 0. The van der Waals surface area contributed by atoms with Crippen LogP contribution in [0, 0.1) is 3.57 Å². The smallest absolute Gasteiger partial charge is 0.126 e. The van der Waals surface area contributed by atoms with Crippen LogP contribution in [-0.2, 0) is 73.8 Å². The van der Waals surface area contributed by atoms with Crippen LogP contribution in [0.15, 0.2) is 164 Å². The zero-order valence-electron chi connectivity index (χ0n) is 47.8. The molecule has 0 radical (unpaired) electrons. The van der Waals surface area contributed by atoms with E-state index in [0.717, 1.165) is 89.8 Å². The largest absolute Gasteiger partial charge is 0.488 e. The lowest BCUT2D eigenvalue weighted by Gasteiger charge is -2.29. The van der Waals surface area contributed by atoms with Crippen LogP contribution >= 0.6 is 22.6 Å². The minimum atomic E-state index is -0.168. The molecule has 0 amide bonds. The van der Waals surface area contributed by atoms with Gasteiger partial charge in [-0.25, -0.2) is 0 Å². The number of ether oxygens (including phenoxy) is 4. The minimum absolute atomic E-state index is 0.166. The van der Waals surface area contributed by atoms with Crippen LogP contribution in [0.2, 0.25) is 0 Å². The van der Waals surface area contributed by atoms with Gasteiger partial charge in [0.05, 0.1) is 0 Å². The molecule has 4 nitrogen and oxygen atoms in total. The first-order valence-corrected chi connectivity index (χ1v) is 28.7. The number of halogens is 1. The van der Waals surface area contributed by atoms with Gasteiger partial charge in [-0.2, -0.15) is 0 Å². The summed E-state index contributed by atoms with van der Waals surface area (Å²) >= 11 is 2.38. The quantitative estimate of drug-likeness (QED) is 0.114. The van der Waals surface area contributed by atoms with E-state index >= 15 is 0 Å². The van der Waals surface area contributed by atoms with Crippen LogP contribution in [0.4, 0.5) is 0 Å². The summed E-state index contributed by atoms with van der Waals surface area (Å²) in [5, 5.41) is 0. The van der Waals surface area contributed by atoms with Crippen LogP contribution in [0.25, 0.3) is 0 Å². The first-order chi connectivity index (χ1) is 36.5. The molecule has 9 rings (SSSR count). The van der Waals surface area contributed by atoms with Crippen molar-refractivity contribution in [2.24, 2.45) is 0 Å². The summed E-state index contributed by atoms with van der Waals surface area (Å²) in [4.78, 5) is 0. The number of fused-ring (bicyclic) bond motifs is 8. The molecule has 0 aromatic heterocycles. The van der Waals surface area contributed by atoms with Crippen molar-refractivity contribution in [2.75, 3.05) is 0 Å². The lowest BCUT2D eigenvalue weighted by Crippen LogP contribution is -2.17. The maximum absolute atomic E-state index is 7.34. The molecule has 8 aromatic rings. The van der Waals surface area contributed by atoms with Crippen LogP contribution in [0.5, 0.6) is 23.0 Å². The summed E-state index contributed by atoms with van der Waals surface area (Å²) in [6.07, 6.45) is 2.37. The lowest BCUT2D eigenvalue weighted by molar-refractivity contribution is 0.293. The van der Waals surface area contributed by atoms with Gasteiger partial charge in [0, 0.05) is 29.3 Å². The second kappa shape index (κ2) is 23.0. The van der Waals surface area contributed by atoms with E-state index in [1.54, 1.807) is 0 Å². The SMILES string of the molecule is CC(C)(C)c1cc2c(OCc3ccccc3)c(c1)Cc1cc(C(C)(C)C)cc(c1OCc1ccccc1)Cc1cc(C(C)(C)C)cc(c1OCc1ccc(I)cc1)Cc1cc(C(C)(C)C)cc(c1OCc1ccccc1)C2. The van der Waals surface area contributed by atoms with Crippen molar-refractivity contribution < 1.29 is 18.9 Å². The molecule has 0 unspecified atom stereocenters. The number of benzene rings is 8. The molecule has 8 aromatic carbocycles. The molecule has 0 fully saturated rings. The Morgan fingerprint density at radius 1 is 0.286 bits per heavy atom. The van der Waals surface area contributed by atoms with Gasteiger partial charge in [-0.1, -0.05) is 235 Å². The normalized spacial score (nSPS) is 13.0. The van der Waals surface area contributed by atoms with Gasteiger partial charge in [-0.3, -0.25) is 0 Å². The second-order valence-corrected chi connectivity index (χ2v) is 26.7. The van der Waals surface area contributed by atoms with Gasteiger partial charge in [0.1, 0.15) is 49.4 Å². The van der Waals surface area contributed by atoms with E-state index < -0.39 is 0 Å². The van der Waals surface area contributed by atoms with Gasteiger partial charge in [0.25, 0.3) is 0 Å². The monoisotopic (exact) mass is 1130 g/mol. The highest BCUT2D eigenvalue weighted by molar-refractivity contribution is 14.1. The molecular weight excluding hydrogens is 1060 g/mol. The van der Waals surface area contributed by atoms with Gasteiger partial charge in [-0.05, 0) is 145 Å². The Labute approximate surface area is 474 Å². The van der Waals surface area contributed by atoms with E-state index in [1.807, 2.05) is 0 Å². The molecule has 0 spiro atoms. The predicted octanol–water partition coefficient (Wildman–Crippen LogP) is 18.5. The summed E-state index contributed by atoms with van der Waals surface area (Å²) in [5.74, 6) is 3.64. The fourth-order valence-corrected chi connectivity index (χ4v) is 10.6. The Balaban J connectivity index is 1.38. The average molecular weight is 1140 g/mol. The Bertz CT molecular complexity index is 3150. The fourth-order valence-electron chi connectivity index (χ4n) is 10.3. The van der Waals surface area contributed by atoms with Crippen LogP contribution < -0.4 is 18.9 Å². The third-order valence-corrected chi connectivity index (χ3v) is 15.7. The molecule has 0 atom stereocenters. The molecule has 5 heteroatoms. The zero-order valence-corrected chi connectivity index (χ0v) is 49.9. The van der Waals surface area contributed by atoms with E-state index in [1.165, 1.54) is 25.8 Å². The highest BCUT2D eigenvalue weighted by atomic mass is 127. The van der Waals surface area contributed by atoms with Crippen molar-refractivity contribution in [3.63, 3.8) is 0 Å². The maximum atomic E-state index is 7.34. The Morgan fingerprint density at radius 2 is 0.481 bits per heavy atom. The molecule has 8 bridgehead atoms. The topological polar surface area (TPSA) is 36.9 Å². The molecule has 77 heavy (non-hydrogen) atoms. The second-order valence-electron chi connectivity index (χ2n) is 25.4. The van der Waals surface area contributed by atoms with E-state index in [2.05, 4.69) is 269 Å². The van der Waals surface area contributed by atoms with E-state index in [4.69, 9.17) is 18.9 Å². The number of hydrogen-bond acceptors (Lipinski definition) is 4. The maximum Gasteiger partial charge on any atom is 0.126 e. The van der Waals surface area contributed by atoms with E-state index in [0.29, 0.717) is 52.1 Å². The van der Waals surface area contributed by atoms with Crippen molar-refractivity contribution in [2.45, 2.75) is 157 Å². The summed E-state index contributed by atoms with van der Waals surface area (Å²) in [6, 6.07) is 59.7. The molecule has 0 aliphatic heterocycles. The van der Waals surface area contributed by atoms with E-state index in [9.17, 15) is 0 Å². The van der Waals surface area contributed by atoms with Gasteiger partial charge in [-0.15, -0.1) is 0 Å². The van der Waals surface area contributed by atoms with Crippen molar-refractivity contribution in [3.8, 4) is 23.0 Å². The lowest BCUT2D eigenvalue weighted by atomic mass is 9.79. The Hall–Kier alpha value is -6.31.